The second-order valence-corrected chi connectivity index (χ2v) is 5.77. The number of rotatable bonds is 6. The molecule has 0 aliphatic heterocycles. The van der Waals surface area contributed by atoms with Gasteiger partial charge in [0.2, 0.25) is 0 Å². The van der Waals surface area contributed by atoms with Crippen molar-refractivity contribution in [2.24, 2.45) is 5.92 Å². The Bertz CT molecular complexity index is 647. The van der Waals surface area contributed by atoms with E-state index in [0.29, 0.717) is 12.1 Å². The third-order valence-electron chi connectivity index (χ3n) is 3.19. The van der Waals surface area contributed by atoms with Gasteiger partial charge in [0.15, 0.2) is 0 Å². The fraction of sp³-hybridized carbons (Fsp3) is 0.357. The molecule has 0 radical (unpaired) electrons. The second kappa shape index (κ2) is 6.53. The number of carbonyl (C=O) groups is 2. The van der Waals surface area contributed by atoms with Gasteiger partial charge in [-0.05, 0) is 19.4 Å². The molecule has 1 amide bonds. The van der Waals surface area contributed by atoms with Crippen LogP contribution in [0.5, 0.6) is 0 Å². The fourth-order valence-corrected chi connectivity index (χ4v) is 2.51. The summed E-state index contributed by atoms with van der Waals surface area (Å²) in [6.45, 7) is 3.82. The summed E-state index contributed by atoms with van der Waals surface area (Å²) < 4.78 is 0. The number of aliphatic carboxylic acids is 1. The van der Waals surface area contributed by atoms with E-state index in [1.807, 2.05) is 12.3 Å². The molecular weight excluding hydrogens is 290 g/mol. The lowest BCUT2D eigenvalue weighted by Gasteiger charge is -2.10. The molecule has 0 aliphatic rings. The van der Waals surface area contributed by atoms with Crippen LogP contribution in [0.25, 0.3) is 11.3 Å². The molecule has 0 aliphatic carbocycles. The number of aromatic nitrogens is 2. The lowest BCUT2D eigenvalue weighted by molar-refractivity contribution is -0.141. The van der Waals surface area contributed by atoms with E-state index in [1.165, 1.54) is 0 Å². The van der Waals surface area contributed by atoms with Gasteiger partial charge in [0, 0.05) is 23.7 Å². The molecular formula is C14H17N3O3S. The molecule has 1 atom stereocenters. The highest BCUT2D eigenvalue weighted by atomic mass is 32.1. The van der Waals surface area contributed by atoms with Crippen molar-refractivity contribution in [3.8, 4) is 11.3 Å². The molecule has 2 rings (SSSR count). The number of carbonyl (C=O) groups excluding carboxylic acids is 1. The summed E-state index contributed by atoms with van der Waals surface area (Å²) in [5, 5.41) is 14.5. The Kier molecular flexibility index (Phi) is 4.74. The lowest BCUT2D eigenvalue weighted by Crippen LogP contribution is -2.32. The Morgan fingerprint density at radius 2 is 2.29 bits per heavy atom. The first-order chi connectivity index (χ1) is 10.0. The molecule has 0 saturated carbocycles. The Balaban J connectivity index is 2.01. The Morgan fingerprint density at radius 1 is 1.52 bits per heavy atom. The molecule has 2 aromatic rings. The predicted molar refractivity (Wildman–Crippen MR) is 80.4 cm³/mol. The van der Waals surface area contributed by atoms with Crippen LogP contribution in [0, 0.1) is 12.8 Å². The smallest absolute Gasteiger partial charge is 0.308 e. The van der Waals surface area contributed by atoms with Crippen LogP contribution in [0.2, 0.25) is 0 Å². The van der Waals surface area contributed by atoms with Crippen LogP contribution in [0.1, 0.15) is 28.8 Å². The van der Waals surface area contributed by atoms with Crippen LogP contribution in [-0.4, -0.2) is 33.5 Å². The first-order valence-corrected chi connectivity index (χ1v) is 7.51. The van der Waals surface area contributed by atoms with Crippen molar-refractivity contribution >= 4 is 23.2 Å². The summed E-state index contributed by atoms with van der Waals surface area (Å²) in [4.78, 5) is 30.1. The van der Waals surface area contributed by atoms with Gasteiger partial charge in [0.1, 0.15) is 5.69 Å². The number of hydrogen-bond donors (Lipinski definition) is 3. The summed E-state index contributed by atoms with van der Waals surface area (Å²) in [6.07, 6.45) is 2.20. The summed E-state index contributed by atoms with van der Waals surface area (Å²) in [7, 11) is 0. The van der Waals surface area contributed by atoms with Crippen molar-refractivity contribution in [3.63, 3.8) is 0 Å². The zero-order valence-electron chi connectivity index (χ0n) is 11.8. The maximum Gasteiger partial charge on any atom is 0.308 e. The van der Waals surface area contributed by atoms with E-state index in [4.69, 9.17) is 5.11 Å². The molecule has 1 unspecified atom stereocenters. The maximum absolute atomic E-state index is 12.0. The highest BCUT2D eigenvalue weighted by Crippen LogP contribution is 2.22. The van der Waals surface area contributed by atoms with Gasteiger partial charge in [-0.25, -0.2) is 4.98 Å². The van der Waals surface area contributed by atoms with E-state index in [-0.39, 0.29) is 12.5 Å². The lowest BCUT2D eigenvalue weighted by atomic mass is 10.1. The molecule has 2 aromatic heterocycles. The normalized spacial score (nSPS) is 12.1. The molecule has 21 heavy (non-hydrogen) atoms. The van der Waals surface area contributed by atoms with Crippen LogP contribution in [-0.2, 0) is 4.79 Å². The van der Waals surface area contributed by atoms with Gasteiger partial charge in [-0.1, -0.05) is 6.92 Å². The molecule has 0 aromatic carbocycles. The highest BCUT2D eigenvalue weighted by Gasteiger charge is 2.17. The number of amides is 1. The van der Waals surface area contributed by atoms with Gasteiger partial charge in [0.05, 0.1) is 16.6 Å². The van der Waals surface area contributed by atoms with Crippen LogP contribution >= 0.6 is 11.3 Å². The molecule has 3 N–H and O–H groups in total. The Hall–Kier alpha value is -2.15. The van der Waals surface area contributed by atoms with Gasteiger partial charge in [0.25, 0.3) is 5.91 Å². The summed E-state index contributed by atoms with van der Waals surface area (Å²) in [6, 6.07) is 1.71. The molecule has 0 spiro atoms. The van der Waals surface area contributed by atoms with E-state index < -0.39 is 11.9 Å². The van der Waals surface area contributed by atoms with Gasteiger partial charge in [-0.2, -0.15) is 0 Å². The standard InChI is InChI=1S/C14H17N3O3S/c1-3-9(14(19)20)5-16-13(18)11-4-10(6-15-11)12-7-21-8(2)17-12/h4,6-7,9,15H,3,5H2,1-2H3,(H,16,18)(H,19,20). The van der Waals surface area contributed by atoms with Crippen LogP contribution in [0.15, 0.2) is 17.6 Å². The number of nitrogens with one attached hydrogen (secondary N) is 2. The minimum absolute atomic E-state index is 0.120. The van der Waals surface area contributed by atoms with Crippen LogP contribution in [0.3, 0.4) is 0 Å². The first kappa shape index (κ1) is 15.2. The van der Waals surface area contributed by atoms with Crippen LogP contribution in [0.4, 0.5) is 0 Å². The number of H-pyrrole nitrogens is 1. The van der Waals surface area contributed by atoms with Crippen molar-refractivity contribution in [1.29, 1.82) is 0 Å². The monoisotopic (exact) mass is 307 g/mol. The van der Waals surface area contributed by atoms with E-state index >= 15 is 0 Å². The zero-order chi connectivity index (χ0) is 15.4. The Labute approximate surface area is 126 Å². The summed E-state index contributed by atoms with van der Waals surface area (Å²) >= 11 is 1.55. The van der Waals surface area contributed by atoms with Gasteiger partial charge in [-0.3, -0.25) is 9.59 Å². The number of aryl methyl sites for hydroxylation is 1. The second-order valence-electron chi connectivity index (χ2n) is 4.71. The average molecular weight is 307 g/mol. The van der Waals surface area contributed by atoms with E-state index in [1.54, 1.807) is 30.5 Å². The zero-order valence-corrected chi connectivity index (χ0v) is 12.7. The van der Waals surface area contributed by atoms with E-state index in [2.05, 4.69) is 15.3 Å². The van der Waals surface area contributed by atoms with Gasteiger partial charge in [-0.15, -0.1) is 11.3 Å². The number of carboxylic acids is 1. The minimum atomic E-state index is -0.900. The number of aromatic amines is 1. The third-order valence-corrected chi connectivity index (χ3v) is 3.97. The molecule has 6 nitrogen and oxygen atoms in total. The minimum Gasteiger partial charge on any atom is -0.481 e. The molecule has 0 bridgehead atoms. The highest BCUT2D eigenvalue weighted by molar-refractivity contribution is 7.09. The van der Waals surface area contributed by atoms with Gasteiger partial charge >= 0.3 is 5.97 Å². The molecule has 0 saturated heterocycles. The number of nitrogens with zero attached hydrogens (tertiary/aromatic N) is 1. The summed E-state index contributed by atoms with van der Waals surface area (Å²) in [5.41, 5.74) is 2.07. The van der Waals surface area contributed by atoms with Crippen LogP contribution < -0.4 is 5.32 Å². The van der Waals surface area contributed by atoms with E-state index in [9.17, 15) is 9.59 Å². The van der Waals surface area contributed by atoms with E-state index in [0.717, 1.165) is 16.3 Å². The largest absolute Gasteiger partial charge is 0.481 e. The molecule has 0 fully saturated rings. The van der Waals surface area contributed by atoms with Gasteiger partial charge < -0.3 is 15.4 Å². The molecule has 2 heterocycles. The van der Waals surface area contributed by atoms with Crippen molar-refractivity contribution in [3.05, 3.63) is 28.3 Å². The first-order valence-electron chi connectivity index (χ1n) is 6.63. The number of thiazole rings is 1. The predicted octanol–water partition coefficient (Wildman–Crippen LogP) is 2.29. The van der Waals surface area contributed by atoms with Crippen molar-refractivity contribution in [2.45, 2.75) is 20.3 Å². The fourth-order valence-electron chi connectivity index (χ4n) is 1.89. The molecule has 7 heteroatoms. The topological polar surface area (TPSA) is 95.1 Å². The maximum atomic E-state index is 12.0. The molecule has 112 valence electrons. The van der Waals surface area contributed by atoms with Crippen molar-refractivity contribution < 1.29 is 14.7 Å². The van der Waals surface area contributed by atoms with Crippen molar-refractivity contribution in [2.75, 3.05) is 6.54 Å². The third kappa shape index (κ3) is 3.69. The number of carboxylic acid groups (broad SMARTS) is 1. The quantitative estimate of drug-likeness (QED) is 0.763. The SMILES string of the molecule is CCC(CNC(=O)c1cc(-c2csc(C)n2)c[nH]1)C(=O)O. The number of hydrogen-bond acceptors (Lipinski definition) is 4. The summed E-state index contributed by atoms with van der Waals surface area (Å²) in [5.74, 6) is -1.78. The Morgan fingerprint density at radius 3 is 2.86 bits per heavy atom. The van der Waals surface area contributed by atoms with Crippen molar-refractivity contribution in [1.82, 2.24) is 15.3 Å². The average Bonchev–Trinajstić information content (AvgIpc) is 3.07.